The summed E-state index contributed by atoms with van der Waals surface area (Å²) in [6.45, 7) is 27.7. The van der Waals surface area contributed by atoms with Crippen LogP contribution in [0.5, 0.6) is 28.7 Å². The summed E-state index contributed by atoms with van der Waals surface area (Å²) in [4.78, 5) is 86.8. The van der Waals surface area contributed by atoms with Gasteiger partial charge in [-0.25, -0.2) is 22.7 Å². The lowest BCUT2D eigenvalue weighted by Gasteiger charge is -2.23. The Kier molecular flexibility index (Phi) is 29.9. The normalized spacial score (nSPS) is 13.6. The number of carbonyl (C=O) groups is 6. The number of aromatic nitrogens is 11. The van der Waals surface area contributed by atoms with Crippen molar-refractivity contribution in [2.24, 2.45) is 28.2 Å². The molecule has 4 aliphatic rings. The van der Waals surface area contributed by atoms with E-state index in [9.17, 15) is 47.4 Å². The molecule has 16 aromatic rings. The van der Waals surface area contributed by atoms with Gasteiger partial charge in [-0.2, -0.15) is 20.4 Å². The first-order valence-corrected chi connectivity index (χ1v) is 53.3. The van der Waals surface area contributed by atoms with Crippen molar-refractivity contribution in [2.75, 3.05) is 67.2 Å². The van der Waals surface area contributed by atoms with Crippen molar-refractivity contribution in [1.82, 2.24) is 57.5 Å². The number of carboxylic acids is 2. The van der Waals surface area contributed by atoms with Crippen LogP contribution in [-0.4, -0.2) is 160 Å². The summed E-state index contributed by atoms with van der Waals surface area (Å²) in [6.07, 6.45) is 8.03. The topological polar surface area (TPSA) is 331 Å². The molecule has 0 fully saturated rings. The van der Waals surface area contributed by atoms with Crippen molar-refractivity contribution in [2.45, 2.75) is 161 Å². The molecule has 774 valence electrons. The predicted molar refractivity (Wildman–Crippen MR) is 585 cm³/mol. The summed E-state index contributed by atoms with van der Waals surface area (Å²) in [5.74, 6) is -0.744. The number of anilines is 3. The third-order valence-corrected chi connectivity index (χ3v) is 31.7. The van der Waals surface area contributed by atoms with Crippen molar-refractivity contribution in [3.05, 3.63) is 276 Å². The second-order valence-electron chi connectivity index (χ2n) is 38.6. The van der Waals surface area contributed by atoms with E-state index in [1.165, 1.54) is 18.2 Å². The minimum absolute atomic E-state index is 0.0125. The van der Waals surface area contributed by atoms with Gasteiger partial charge in [0.1, 0.15) is 34.3 Å². The largest absolute Gasteiger partial charge is 0.494 e. The molecule has 9 aromatic carbocycles. The van der Waals surface area contributed by atoms with Crippen LogP contribution in [0.3, 0.4) is 0 Å². The van der Waals surface area contributed by atoms with E-state index in [4.69, 9.17) is 93.3 Å². The fourth-order valence-electron chi connectivity index (χ4n) is 21.5. The van der Waals surface area contributed by atoms with Gasteiger partial charge in [-0.1, -0.05) is 93.9 Å². The van der Waals surface area contributed by atoms with Crippen LogP contribution in [0.25, 0.3) is 77.0 Å². The number of ether oxygens (including phenoxy) is 5. The van der Waals surface area contributed by atoms with Gasteiger partial charge in [0.05, 0.1) is 97.1 Å². The van der Waals surface area contributed by atoms with Gasteiger partial charge in [-0.15, -0.1) is 0 Å². The van der Waals surface area contributed by atoms with Gasteiger partial charge in [-0.3, -0.25) is 37.9 Å². The summed E-state index contributed by atoms with van der Waals surface area (Å²) < 4.78 is 68.8. The highest BCUT2D eigenvalue weighted by Crippen LogP contribution is 2.51. The number of aryl methyl sites for hydroxylation is 19. The molecule has 11 heterocycles. The van der Waals surface area contributed by atoms with Crippen LogP contribution in [-0.2, 0) is 77.1 Å². The van der Waals surface area contributed by atoms with Crippen molar-refractivity contribution < 1.29 is 71.1 Å². The van der Waals surface area contributed by atoms with Gasteiger partial charge < -0.3 is 62.3 Å². The highest BCUT2D eigenvalue weighted by atomic mass is 35.5. The molecule has 0 saturated carbocycles. The van der Waals surface area contributed by atoms with Gasteiger partial charge in [0.25, 0.3) is 23.6 Å². The molecule has 0 saturated heterocycles. The van der Waals surface area contributed by atoms with E-state index in [2.05, 4.69) is 34.1 Å². The molecule has 3 N–H and O–H groups in total. The van der Waals surface area contributed by atoms with Crippen LogP contribution < -0.4 is 43.1 Å². The van der Waals surface area contributed by atoms with Crippen molar-refractivity contribution in [1.29, 1.82) is 0 Å². The average Bonchev–Trinajstić information content (AvgIpc) is 1.57. The van der Waals surface area contributed by atoms with E-state index in [0.29, 0.717) is 188 Å². The molecule has 20 rings (SSSR count). The Bertz CT molecular complexity index is 8300. The number of nitrogens with zero attached hydrogens (tertiary/aromatic N) is 14. The summed E-state index contributed by atoms with van der Waals surface area (Å²) in [5, 5.41) is 45.7. The lowest BCUT2D eigenvalue weighted by molar-refractivity contribution is 0.0687. The number of aromatic carboxylic acids is 2. The summed E-state index contributed by atoms with van der Waals surface area (Å²) >= 11 is 40.2. The molecule has 0 bridgehead atoms. The van der Waals surface area contributed by atoms with Crippen molar-refractivity contribution in [3.8, 4) is 62.1 Å². The molecule has 0 aliphatic carbocycles. The van der Waals surface area contributed by atoms with Gasteiger partial charge >= 0.3 is 11.9 Å². The smallest absolute Gasteiger partial charge is 0.336 e. The zero-order valence-corrected chi connectivity index (χ0v) is 91.1. The third-order valence-electron chi connectivity index (χ3n) is 28.4. The van der Waals surface area contributed by atoms with Crippen LogP contribution in [0.2, 0.25) is 30.1 Å². The number of amides is 4. The number of nitrogens with one attached hydrogen (secondary N) is 1. The molecule has 0 spiro atoms. The predicted octanol–water partition coefficient (Wildman–Crippen LogP) is 23.6. The maximum absolute atomic E-state index is 14.9. The number of carbonyl (C=O) groups excluding carboxylic acids is 4. The minimum atomic E-state index is -3.77. The Morgan fingerprint density at radius 3 is 1.17 bits per heavy atom. The van der Waals surface area contributed by atoms with E-state index in [0.717, 1.165) is 189 Å². The zero-order valence-electron chi connectivity index (χ0n) is 85.7. The number of benzene rings is 9. The van der Waals surface area contributed by atoms with E-state index < -0.39 is 27.9 Å². The molecule has 0 unspecified atom stereocenters. The molecule has 30 nitrogen and oxygen atoms in total. The van der Waals surface area contributed by atoms with Gasteiger partial charge in [0.2, 0.25) is 16.8 Å². The monoisotopic (exact) mass is 2150 g/mol. The Morgan fingerprint density at radius 2 is 0.805 bits per heavy atom. The molecule has 37 heteroatoms. The van der Waals surface area contributed by atoms with Gasteiger partial charge in [0.15, 0.2) is 11.5 Å². The zero-order chi connectivity index (χ0) is 106. The van der Waals surface area contributed by atoms with Crippen LogP contribution in [0.4, 0.5) is 17.1 Å². The molecule has 4 amide bonds. The Hall–Kier alpha value is -13.8. The molecule has 149 heavy (non-hydrogen) atoms. The molecule has 0 radical (unpaired) electrons. The second kappa shape index (κ2) is 42.3. The highest BCUT2D eigenvalue weighted by molar-refractivity contribution is 7.89. The SMILES string of the molecule is Cc1cc(OCCCc2c3n(c4c(-c5c(C)nn(C)c5C)c(Cl)ccc24)CCCN(c2cc(C(=O)O)c4cn(C)nc4c2)C3=O)cc(C)c1Cl.Cc1cc(OCCCc2c3n(c4c(-c5c(C)nn(C)c5C)c(Cl)ccc24)CCCN(c2cc(C(=O)O)cc4c2OCO4)C3=O)cc(C)c1Cl.Cc1cc(OCCCc2c3n(c4c(-c5c(C)nn(C)c5C)c(Cl)ccc24)CCCN(c2cccc(C(=O)NS(C)(=O)=O)c2)C3=O)cc(C)c1Cl. The average molecular weight is 2150 g/mol. The van der Waals surface area contributed by atoms with Crippen molar-refractivity contribution >= 4 is 176 Å². The molecule has 0 atom stereocenters. The second-order valence-corrected chi connectivity index (χ2v) is 42.7. The van der Waals surface area contributed by atoms with Crippen LogP contribution in [0, 0.1) is 83.1 Å². The quantitative estimate of drug-likeness (QED) is 0.0448. The van der Waals surface area contributed by atoms with Crippen molar-refractivity contribution in [3.63, 3.8) is 0 Å². The maximum atomic E-state index is 14.9. The number of hydrogen-bond acceptors (Lipinski definition) is 17. The maximum Gasteiger partial charge on any atom is 0.336 e. The lowest BCUT2D eigenvalue weighted by atomic mass is 9.98. The minimum Gasteiger partial charge on any atom is -0.494 e. The van der Waals surface area contributed by atoms with Crippen LogP contribution in [0.1, 0.15) is 185 Å². The highest BCUT2D eigenvalue weighted by Gasteiger charge is 2.40. The van der Waals surface area contributed by atoms with Gasteiger partial charge in [-0.05, 0) is 288 Å². The molecule has 4 aliphatic heterocycles. The number of hydrogen-bond donors (Lipinski definition) is 3. The van der Waals surface area contributed by atoms with E-state index in [1.807, 2.05) is 196 Å². The van der Waals surface area contributed by atoms with Gasteiger partial charge in [0, 0.05) is 178 Å². The first kappa shape index (κ1) is 105. The summed E-state index contributed by atoms with van der Waals surface area (Å²) in [7, 11) is 3.70. The van der Waals surface area contributed by atoms with E-state index in [-0.39, 0.29) is 41.2 Å². The van der Waals surface area contributed by atoms with Crippen LogP contribution >= 0.6 is 69.6 Å². The number of carboxylic acid groups (broad SMARTS) is 2. The molecular formula is C112H113Cl6N15O15S. The summed E-state index contributed by atoms with van der Waals surface area (Å²) in [5.41, 5.74) is 25.5. The lowest BCUT2D eigenvalue weighted by Crippen LogP contribution is -2.32. The van der Waals surface area contributed by atoms with Crippen LogP contribution in [0.15, 0.2) is 128 Å². The van der Waals surface area contributed by atoms with E-state index in [1.54, 1.807) is 63.0 Å². The molecule has 7 aromatic heterocycles. The molecular weight excluding hydrogens is 2040 g/mol. The third kappa shape index (κ3) is 20.1. The number of fused-ring (bicyclic) bond motifs is 11. The standard InChI is InChI=1S/C38H38Cl2N6O4.C37H39Cl2N5O5S.C37H36Cl2N4O6/c1-20-15-25(16-21(2)34(20)40)50-14-7-9-26-27-10-11-30(39)33(32-22(3)41-44(6)23(32)4)35(27)46-13-8-12-45(37(47)36(26)46)24-17-28(38(48)49)29-19-43(5)42-31(29)18-24;1-21-18-27(19-22(2)33(21)39)49-17-8-12-28-29-13-14-30(38)32(31-23(3)40-42(5)24(31)4)34(29)44-16-9-15-43(37(46)35(28)44)26-11-7-10-25(20-26)36(45)41-50(6,47)48;1-19-14-24(15-20(2)32(19)39)47-13-6-8-25-26-9-10-27(38)31(30-21(3)40-41(5)22(30)4)33(26)43-12-7-11-42(36(44)34(25)43)28-16-23(37(45)46)17-29-35(28)49-18-48-29/h10-11,15-19H,7-9,12-14H2,1-6H3,(H,48,49);7,10-11,13-14,18-20H,8-9,12,15-17H2,1-6H3,(H,41,45);9-10,14-17H,6-8,11-13,18H2,1-5H3,(H,45,46). The first-order valence-electron chi connectivity index (χ1n) is 49.1. The van der Waals surface area contributed by atoms with E-state index >= 15 is 0 Å². The number of halogens is 6. The number of rotatable bonds is 25. The Balaban J connectivity index is 0.000000146. The first-order chi connectivity index (χ1) is 71.0. The fourth-order valence-corrected chi connectivity index (χ4v) is 23.1. The Labute approximate surface area is 891 Å². The number of sulfonamides is 1. The Morgan fingerprint density at radius 1 is 0.423 bits per heavy atom. The fraction of sp³-hybridized carbons (Fsp3) is 0.321. The summed E-state index contributed by atoms with van der Waals surface area (Å²) in [6, 6.07) is 36.0.